The van der Waals surface area contributed by atoms with Crippen molar-refractivity contribution in [3.8, 4) is 0 Å². The van der Waals surface area contributed by atoms with Crippen molar-refractivity contribution >= 4 is 27.8 Å². The molecule has 1 aromatic rings. The third-order valence-corrected chi connectivity index (χ3v) is 6.75. The molecule has 0 unspecified atom stereocenters. The lowest BCUT2D eigenvalue weighted by atomic mass is 9.49. The molecule has 1 N–H and O–H groups in total. The van der Waals surface area contributed by atoms with Gasteiger partial charge >= 0.3 is 5.97 Å². The van der Waals surface area contributed by atoms with Crippen LogP contribution in [0, 0.1) is 23.2 Å². The topological polar surface area (TPSA) is 55.4 Å². The summed E-state index contributed by atoms with van der Waals surface area (Å²) in [6.07, 6.45) is 6.96. The highest BCUT2D eigenvalue weighted by Crippen LogP contribution is 2.60. The Bertz CT molecular complexity index is 635. The maximum atomic E-state index is 12.8. The van der Waals surface area contributed by atoms with Crippen LogP contribution >= 0.6 is 15.9 Å². The third kappa shape index (κ3) is 3.62. The van der Waals surface area contributed by atoms with Crippen LogP contribution in [0.25, 0.3) is 0 Å². The normalized spacial score (nSPS) is 32.4. The molecule has 1 aromatic carbocycles. The van der Waals surface area contributed by atoms with E-state index in [9.17, 15) is 9.59 Å². The van der Waals surface area contributed by atoms with Crippen molar-refractivity contribution in [2.75, 3.05) is 6.54 Å². The van der Waals surface area contributed by atoms with Crippen molar-refractivity contribution in [1.29, 1.82) is 0 Å². The lowest BCUT2D eigenvalue weighted by Crippen LogP contribution is -2.54. The van der Waals surface area contributed by atoms with Gasteiger partial charge in [0.1, 0.15) is 13.2 Å². The second-order valence-corrected chi connectivity index (χ2v) is 9.08. The number of rotatable bonds is 5. The zero-order valence-electron chi connectivity index (χ0n) is 14.3. The summed E-state index contributed by atoms with van der Waals surface area (Å²) < 4.78 is 6.26. The molecule has 4 aliphatic rings. The van der Waals surface area contributed by atoms with Crippen LogP contribution < -0.4 is 5.32 Å². The summed E-state index contributed by atoms with van der Waals surface area (Å²) in [5, 5.41) is 2.86. The van der Waals surface area contributed by atoms with Crippen LogP contribution in [0.15, 0.2) is 28.7 Å². The SMILES string of the molecule is O=C(CNC(=O)C12CC3CC(CC(C3)C1)C2)OCc1ccc(Br)cc1. The van der Waals surface area contributed by atoms with E-state index in [1.165, 1.54) is 19.3 Å². The molecule has 4 fully saturated rings. The van der Waals surface area contributed by atoms with Gasteiger partial charge in [0.15, 0.2) is 0 Å². The van der Waals surface area contributed by atoms with Crippen LogP contribution in [-0.2, 0) is 20.9 Å². The molecule has 4 aliphatic carbocycles. The van der Waals surface area contributed by atoms with Crippen LogP contribution in [0.5, 0.6) is 0 Å². The van der Waals surface area contributed by atoms with Gasteiger partial charge in [-0.15, -0.1) is 0 Å². The monoisotopic (exact) mass is 405 g/mol. The van der Waals surface area contributed by atoms with Crippen molar-refractivity contribution in [3.05, 3.63) is 34.3 Å². The minimum Gasteiger partial charge on any atom is -0.460 e. The van der Waals surface area contributed by atoms with E-state index in [1.807, 2.05) is 24.3 Å². The summed E-state index contributed by atoms with van der Waals surface area (Å²) in [7, 11) is 0. The number of nitrogens with one attached hydrogen (secondary N) is 1. The quantitative estimate of drug-likeness (QED) is 0.757. The molecular weight excluding hydrogens is 382 g/mol. The molecule has 0 aromatic heterocycles. The minimum absolute atomic E-state index is 0.0306. The van der Waals surface area contributed by atoms with Gasteiger partial charge in [-0.25, -0.2) is 0 Å². The van der Waals surface area contributed by atoms with Crippen molar-refractivity contribution in [2.45, 2.75) is 45.1 Å². The Morgan fingerprint density at radius 3 is 2.16 bits per heavy atom. The highest BCUT2D eigenvalue weighted by molar-refractivity contribution is 9.10. The van der Waals surface area contributed by atoms with Crippen LogP contribution in [0.1, 0.15) is 44.1 Å². The molecule has 0 spiro atoms. The predicted molar refractivity (Wildman–Crippen MR) is 97.6 cm³/mol. The van der Waals surface area contributed by atoms with Crippen molar-refractivity contribution in [3.63, 3.8) is 0 Å². The Morgan fingerprint density at radius 2 is 1.60 bits per heavy atom. The van der Waals surface area contributed by atoms with E-state index in [2.05, 4.69) is 21.2 Å². The summed E-state index contributed by atoms with van der Waals surface area (Å²) in [6.45, 7) is 0.205. The fourth-order valence-electron chi connectivity index (χ4n) is 5.52. The molecule has 134 valence electrons. The Balaban J connectivity index is 1.27. The first-order valence-electron chi connectivity index (χ1n) is 9.21. The van der Waals surface area contributed by atoms with E-state index in [1.54, 1.807) is 0 Å². The maximum absolute atomic E-state index is 12.8. The zero-order chi connectivity index (χ0) is 17.4. The molecule has 0 atom stereocenters. The van der Waals surface area contributed by atoms with E-state index >= 15 is 0 Å². The smallest absolute Gasteiger partial charge is 0.325 e. The summed E-state index contributed by atoms with van der Waals surface area (Å²) in [6, 6.07) is 7.65. The van der Waals surface area contributed by atoms with Gasteiger partial charge in [-0.05, 0) is 74.0 Å². The lowest BCUT2D eigenvalue weighted by Gasteiger charge is -2.55. The van der Waals surface area contributed by atoms with Gasteiger partial charge in [-0.3, -0.25) is 9.59 Å². The van der Waals surface area contributed by atoms with Gasteiger partial charge in [0, 0.05) is 9.89 Å². The molecule has 4 bridgehead atoms. The summed E-state index contributed by atoms with van der Waals surface area (Å²) in [4.78, 5) is 24.8. The molecule has 0 heterocycles. The molecule has 4 saturated carbocycles. The van der Waals surface area contributed by atoms with E-state index < -0.39 is 0 Å². The highest BCUT2D eigenvalue weighted by Gasteiger charge is 2.54. The molecule has 4 nitrogen and oxygen atoms in total. The van der Waals surface area contributed by atoms with Gasteiger partial charge in [-0.1, -0.05) is 28.1 Å². The first-order valence-corrected chi connectivity index (χ1v) is 10.00. The van der Waals surface area contributed by atoms with Crippen LogP contribution in [0.4, 0.5) is 0 Å². The van der Waals surface area contributed by atoms with Gasteiger partial charge < -0.3 is 10.1 Å². The van der Waals surface area contributed by atoms with Crippen LogP contribution in [-0.4, -0.2) is 18.4 Å². The van der Waals surface area contributed by atoms with Gasteiger partial charge in [-0.2, -0.15) is 0 Å². The molecule has 0 saturated heterocycles. The largest absolute Gasteiger partial charge is 0.460 e. The summed E-state index contributed by atoms with van der Waals surface area (Å²) >= 11 is 3.38. The fourth-order valence-corrected chi connectivity index (χ4v) is 5.79. The molecule has 25 heavy (non-hydrogen) atoms. The highest BCUT2D eigenvalue weighted by atomic mass is 79.9. The first-order chi connectivity index (χ1) is 12.0. The molecule has 1 amide bonds. The number of benzene rings is 1. The molecule has 0 aliphatic heterocycles. The molecule has 5 rings (SSSR count). The fraction of sp³-hybridized carbons (Fsp3) is 0.600. The second kappa shape index (κ2) is 6.75. The number of carbonyl (C=O) groups excluding carboxylic acids is 2. The van der Waals surface area contributed by atoms with Gasteiger partial charge in [0.2, 0.25) is 5.91 Å². The summed E-state index contributed by atoms with van der Waals surface area (Å²) in [5.41, 5.74) is 0.727. The number of hydrogen-bond donors (Lipinski definition) is 1. The number of hydrogen-bond acceptors (Lipinski definition) is 3. The molecule has 0 radical (unpaired) electrons. The number of ether oxygens (including phenoxy) is 1. The van der Waals surface area contributed by atoms with Gasteiger partial charge in [0.25, 0.3) is 0 Å². The maximum Gasteiger partial charge on any atom is 0.325 e. The second-order valence-electron chi connectivity index (χ2n) is 8.17. The Hall–Kier alpha value is -1.36. The predicted octanol–water partition coefficient (Wildman–Crippen LogP) is 3.82. The third-order valence-electron chi connectivity index (χ3n) is 6.23. The number of esters is 1. The first kappa shape index (κ1) is 17.1. The molecular formula is C20H24BrNO3. The molecule has 5 heteroatoms. The van der Waals surface area contributed by atoms with E-state index in [-0.39, 0.29) is 30.4 Å². The lowest BCUT2D eigenvalue weighted by molar-refractivity contribution is -0.151. The zero-order valence-corrected chi connectivity index (χ0v) is 15.9. The van der Waals surface area contributed by atoms with Crippen molar-refractivity contribution in [1.82, 2.24) is 5.32 Å². The standard InChI is InChI=1S/C20H24BrNO3/c21-17-3-1-13(2-4-17)12-25-18(23)11-22-19(24)20-8-14-5-15(9-20)7-16(6-14)10-20/h1-4,14-16H,5-12H2,(H,22,24). The Kier molecular flexibility index (Phi) is 4.61. The van der Waals surface area contributed by atoms with E-state index in [0.717, 1.165) is 47.1 Å². The van der Waals surface area contributed by atoms with Crippen LogP contribution in [0.3, 0.4) is 0 Å². The van der Waals surface area contributed by atoms with Gasteiger partial charge in [0.05, 0.1) is 0 Å². The minimum atomic E-state index is -0.374. The Morgan fingerprint density at radius 1 is 1.04 bits per heavy atom. The number of carbonyl (C=O) groups is 2. The number of halogens is 1. The van der Waals surface area contributed by atoms with Crippen molar-refractivity contribution in [2.24, 2.45) is 23.2 Å². The van der Waals surface area contributed by atoms with E-state index in [4.69, 9.17) is 4.74 Å². The summed E-state index contributed by atoms with van der Waals surface area (Å²) in [5.74, 6) is 1.87. The van der Waals surface area contributed by atoms with E-state index in [0.29, 0.717) is 0 Å². The average Bonchev–Trinajstić information content (AvgIpc) is 2.58. The average molecular weight is 406 g/mol. The van der Waals surface area contributed by atoms with Crippen molar-refractivity contribution < 1.29 is 14.3 Å². The number of amides is 1. The Labute approximate surface area is 156 Å². The van der Waals surface area contributed by atoms with Crippen LogP contribution in [0.2, 0.25) is 0 Å².